The first-order chi connectivity index (χ1) is 6.07. The molecule has 1 atom stereocenters. The molecular weight excluding hydrogens is 216 g/mol. The van der Waals surface area contributed by atoms with Gasteiger partial charge in [0.15, 0.2) is 0 Å². The second kappa shape index (κ2) is 4.13. The van der Waals surface area contributed by atoms with E-state index in [1.54, 1.807) is 0 Å². The molecule has 0 spiro atoms. The number of phenols is 1. The Kier molecular flexibility index (Phi) is 3.36. The van der Waals surface area contributed by atoms with E-state index in [0.717, 1.165) is 0 Å². The number of benzene rings is 1. The minimum absolute atomic E-state index is 0.00284. The van der Waals surface area contributed by atoms with Gasteiger partial charge < -0.3 is 10.8 Å². The van der Waals surface area contributed by atoms with E-state index >= 15 is 0 Å². The molecule has 1 aromatic carbocycles. The minimum Gasteiger partial charge on any atom is -0.506 e. The molecule has 0 aliphatic heterocycles. The van der Waals surface area contributed by atoms with Crippen molar-refractivity contribution < 1.29 is 9.50 Å². The molecule has 0 aliphatic rings. The summed E-state index contributed by atoms with van der Waals surface area (Å²) in [7, 11) is 0. The summed E-state index contributed by atoms with van der Waals surface area (Å²) in [6, 6.07) is 2.05. The molecule has 0 heterocycles. The standard InChI is InChI=1S/C8H8Cl2FNO/c9-5-2-1-4(6(12)3-11)8(13)7(5)10/h1-2,6,13H,3,12H2/t6-/m1/s1. The zero-order valence-electron chi connectivity index (χ0n) is 6.60. The lowest BCUT2D eigenvalue weighted by molar-refractivity contribution is 0.414. The van der Waals surface area contributed by atoms with Gasteiger partial charge in [0.25, 0.3) is 0 Å². The fourth-order valence-corrected chi connectivity index (χ4v) is 1.26. The highest BCUT2D eigenvalue weighted by atomic mass is 35.5. The van der Waals surface area contributed by atoms with Crippen LogP contribution in [0.2, 0.25) is 10.0 Å². The molecule has 0 bridgehead atoms. The topological polar surface area (TPSA) is 46.2 Å². The summed E-state index contributed by atoms with van der Waals surface area (Å²) in [5, 5.41) is 9.64. The lowest BCUT2D eigenvalue weighted by atomic mass is 10.1. The van der Waals surface area contributed by atoms with Gasteiger partial charge in [0.2, 0.25) is 0 Å². The zero-order valence-corrected chi connectivity index (χ0v) is 8.11. The van der Waals surface area contributed by atoms with Crippen LogP contribution in [0.4, 0.5) is 4.39 Å². The van der Waals surface area contributed by atoms with E-state index in [0.29, 0.717) is 0 Å². The number of aromatic hydroxyl groups is 1. The summed E-state index contributed by atoms with van der Waals surface area (Å²) in [5.74, 6) is -0.251. The predicted molar refractivity (Wildman–Crippen MR) is 51.0 cm³/mol. The van der Waals surface area contributed by atoms with E-state index in [2.05, 4.69) is 0 Å². The number of hydrogen-bond acceptors (Lipinski definition) is 2. The molecule has 0 fully saturated rings. The maximum atomic E-state index is 12.2. The van der Waals surface area contributed by atoms with Crippen molar-refractivity contribution in [2.45, 2.75) is 6.04 Å². The van der Waals surface area contributed by atoms with Crippen molar-refractivity contribution in [3.63, 3.8) is 0 Å². The van der Waals surface area contributed by atoms with Crippen LogP contribution in [-0.4, -0.2) is 11.8 Å². The molecular formula is C8H8Cl2FNO. The van der Waals surface area contributed by atoms with Crippen LogP contribution in [0.5, 0.6) is 5.75 Å². The molecule has 0 amide bonds. The predicted octanol–water partition coefficient (Wildman–Crippen LogP) is 2.67. The SMILES string of the molecule is N[C@H](CF)c1ccc(Cl)c(Cl)c1O. The van der Waals surface area contributed by atoms with Crippen LogP contribution in [-0.2, 0) is 0 Å². The maximum Gasteiger partial charge on any atom is 0.140 e. The first-order valence-electron chi connectivity index (χ1n) is 3.56. The third kappa shape index (κ3) is 2.05. The highest BCUT2D eigenvalue weighted by Crippen LogP contribution is 2.36. The molecule has 0 aromatic heterocycles. The third-order valence-corrected chi connectivity index (χ3v) is 2.46. The van der Waals surface area contributed by atoms with Crippen LogP contribution in [0.3, 0.4) is 0 Å². The molecule has 5 heteroatoms. The molecule has 0 aliphatic carbocycles. The van der Waals surface area contributed by atoms with Gasteiger partial charge in [-0.3, -0.25) is 0 Å². The van der Waals surface area contributed by atoms with Gasteiger partial charge in [-0.25, -0.2) is 4.39 Å². The lowest BCUT2D eigenvalue weighted by Crippen LogP contribution is -2.12. The van der Waals surface area contributed by atoms with Crippen molar-refractivity contribution in [3.8, 4) is 5.75 Å². The molecule has 72 valence electrons. The summed E-state index contributed by atoms with van der Waals surface area (Å²) in [5.41, 5.74) is 5.64. The monoisotopic (exact) mass is 223 g/mol. The van der Waals surface area contributed by atoms with Crippen LogP contribution in [0.15, 0.2) is 12.1 Å². The van der Waals surface area contributed by atoms with Crippen molar-refractivity contribution in [1.82, 2.24) is 0 Å². The highest BCUT2D eigenvalue weighted by molar-refractivity contribution is 6.43. The third-order valence-electron chi connectivity index (χ3n) is 1.67. The Labute approximate surface area is 85.1 Å². The second-order valence-electron chi connectivity index (χ2n) is 2.56. The molecule has 0 radical (unpaired) electrons. The quantitative estimate of drug-likeness (QED) is 0.811. The van der Waals surface area contributed by atoms with Crippen molar-refractivity contribution >= 4 is 23.2 Å². The maximum absolute atomic E-state index is 12.2. The van der Waals surface area contributed by atoms with E-state index in [4.69, 9.17) is 28.9 Å². The molecule has 0 unspecified atom stereocenters. The number of hydrogen-bond donors (Lipinski definition) is 2. The highest BCUT2D eigenvalue weighted by Gasteiger charge is 2.14. The summed E-state index contributed by atoms with van der Waals surface area (Å²) in [6.45, 7) is -0.758. The fraction of sp³-hybridized carbons (Fsp3) is 0.250. The van der Waals surface area contributed by atoms with Gasteiger partial charge in [0, 0.05) is 5.56 Å². The van der Waals surface area contributed by atoms with Crippen LogP contribution < -0.4 is 5.73 Å². The summed E-state index contributed by atoms with van der Waals surface area (Å²) >= 11 is 11.2. The Bertz CT molecular complexity index is 319. The van der Waals surface area contributed by atoms with E-state index in [-0.39, 0.29) is 21.4 Å². The summed E-state index contributed by atoms with van der Waals surface area (Å²) in [6.07, 6.45) is 0. The smallest absolute Gasteiger partial charge is 0.140 e. The number of phenolic OH excluding ortho intramolecular Hbond substituents is 1. The van der Waals surface area contributed by atoms with Gasteiger partial charge in [0.05, 0.1) is 11.1 Å². The summed E-state index contributed by atoms with van der Waals surface area (Å²) < 4.78 is 12.2. The first-order valence-corrected chi connectivity index (χ1v) is 4.32. The van der Waals surface area contributed by atoms with Gasteiger partial charge in [-0.15, -0.1) is 0 Å². The van der Waals surface area contributed by atoms with Gasteiger partial charge >= 0.3 is 0 Å². The van der Waals surface area contributed by atoms with Crippen molar-refractivity contribution in [1.29, 1.82) is 0 Å². The van der Waals surface area contributed by atoms with Gasteiger partial charge in [0.1, 0.15) is 17.4 Å². The Morgan fingerprint density at radius 1 is 1.46 bits per heavy atom. The Hall–Kier alpha value is -0.510. The van der Waals surface area contributed by atoms with Crippen LogP contribution in [0.25, 0.3) is 0 Å². The van der Waals surface area contributed by atoms with Crippen LogP contribution >= 0.6 is 23.2 Å². The average Bonchev–Trinajstić information content (AvgIpc) is 2.13. The van der Waals surface area contributed by atoms with E-state index < -0.39 is 12.7 Å². The molecule has 1 rings (SSSR count). The number of nitrogens with two attached hydrogens (primary N) is 1. The van der Waals surface area contributed by atoms with Crippen molar-refractivity contribution in [2.24, 2.45) is 5.73 Å². The normalized spacial score (nSPS) is 12.9. The molecule has 0 saturated heterocycles. The van der Waals surface area contributed by atoms with Crippen LogP contribution in [0.1, 0.15) is 11.6 Å². The lowest BCUT2D eigenvalue weighted by Gasteiger charge is -2.11. The minimum atomic E-state index is -0.866. The Balaban J connectivity index is 3.18. The van der Waals surface area contributed by atoms with E-state index in [9.17, 15) is 9.50 Å². The van der Waals surface area contributed by atoms with Gasteiger partial charge in [-0.2, -0.15) is 0 Å². The Morgan fingerprint density at radius 2 is 2.08 bits per heavy atom. The van der Waals surface area contributed by atoms with Gasteiger partial charge in [-0.05, 0) is 6.07 Å². The zero-order chi connectivity index (χ0) is 10.0. The van der Waals surface area contributed by atoms with E-state index in [1.165, 1.54) is 12.1 Å². The van der Waals surface area contributed by atoms with Gasteiger partial charge in [-0.1, -0.05) is 29.3 Å². The van der Waals surface area contributed by atoms with E-state index in [1.807, 2.05) is 0 Å². The second-order valence-corrected chi connectivity index (χ2v) is 3.35. The first kappa shape index (κ1) is 10.6. The number of halogens is 3. The molecule has 3 N–H and O–H groups in total. The number of alkyl halides is 1. The summed E-state index contributed by atoms with van der Waals surface area (Å²) in [4.78, 5) is 0. The van der Waals surface area contributed by atoms with Crippen molar-refractivity contribution in [3.05, 3.63) is 27.7 Å². The molecule has 1 aromatic rings. The average molecular weight is 224 g/mol. The molecule has 2 nitrogen and oxygen atoms in total. The Morgan fingerprint density at radius 3 is 2.62 bits per heavy atom. The largest absolute Gasteiger partial charge is 0.506 e. The molecule has 13 heavy (non-hydrogen) atoms. The van der Waals surface area contributed by atoms with Crippen molar-refractivity contribution in [2.75, 3.05) is 6.67 Å². The fourth-order valence-electron chi connectivity index (χ4n) is 0.937. The van der Waals surface area contributed by atoms with Crippen LogP contribution in [0, 0.1) is 0 Å². The molecule has 0 saturated carbocycles. The number of rotatable bonds is 2.